The third-order valence-electron chi connectivity index (χ3n) is 3.87. The van der Waals surface area contributed by atoms with Gasteiger partial charge in [-0.2, -0.15) is 0 Å². The van der Waals surface area contributed by atoms with Crippen LogP contribution in [0.3, 0.4) is 0 Å². The molecule has 0 spiro atoms. The Labute approximate surface area is 140 Å². The summed E-state index contributed by atoms with van der Waals surface area (Å²) in [5, 5.41) is 0.909. The molecule has 2 heterocycles. The smallest absolute Gasteiger partial charge is 0.367 e. The van der Waals surface area contributed by atoms with Crippen molar-refractivity contribution in [2.75, 3.05) is 0 Å². The molecule has 2 aromatic carbocycles. The first-order valence-electron chi connectivity index (χ1n) is 7.28. The Morgan fingerprint density at radius 2 is 1.40 bits per heavy atom. The summed E-state index contributed by atoms with van der Waals surface area (Å²) in [5.74, 6) is -2.43. The highest BCUT2D eigenvalue weighted by atomic mass is 16.7. The van der Waals surface area contributed by atoms with Crippen LogP contribution in [0.1, 0.15) is 31.1 Å². The van der Waals surface area contributed by atoms with E-state index in [1.165, 1.54) is 18.2 Å². The van der Waals surface area contributed by atoms with Crippen molar-refractivity contribution in [3.05, 3.63) is 81.9 Å². The van der Waals surface area contributed by atoms with E-state index in [-0.39, 0.29) is 22.1 Å². The second-order valence-electron chi connectivity index (χ2n) is 5.31. The van der Waals surface area contributed by atoms with E-state index >= 15 is 0 Å². The van der Waals surface area contributed by atoms with Gasteiger partial charge in [-0.05, 0) is 18.2 Å². The topological polar surface area (TPSA) is 93.9 Å². The number of amides is 2. The van der Waals surface area contributed by atoms with Gasteiger partial charge in [-0.1, -0.05) is 35.4 Å². The number of benzene rings is 2. The Bertz CT molecular complexity index is 1080. The minimum absolute atomic E-state index is 0.0632. The molecule has 0 unspecified atom stereocenters. The number of rotatable bonds is 2. The lowest BCUT2D eigenvalue weighted by molar-refractivity contribution is -0.0584. The quantitative estimate of drug-likeness (QED) is 0.666. The average molecular weight is 335 g/mol. The van der Waals surface area contributed by atoms with Crippen molar-refractivity contribution in [1.29, 1.82) is 0 Å². The Morgan fingerprint density at radius 3 is 2.04 bits per heavy atom. The largest absolute Gasteiger partial charge is 0.430 e. The summed E-state index contributed by atoms with van der Waals surface area (Å²) in [6, 6.07) is 12.5. The summed E-state index contributed by atoms with van der Waals surface area (Å²) >= 11 is 0. The first-order chi connectivity index (χ1) is 12.1. The maximum absolute atomic E-state index is 12.4. The van der Waals surface area contributed by atoms with Gasteiger partial charge >= 0.3 is 11.6 Å². The van der Waals surface area contributed by atoms with E-state index in [9.17, 15) is 19.2 Å². The SMILES string of the molecule is O=C(ON1C(=O)c2ccccc2C1=O)c1coc(=O)c2ccccc12. The van der Waals surface area contributed by atoms with E-state index in [0.29, 0.717) is 10.4 Å². The lowest BCUT2D eigenvalue weighted by atomic mass is 10.1. The van der Waals surface area contributed by atoms with Crippen LogP contribution in [0.25, 0.3) is 10.8 Å². The standard InChI is InChI=1S/C18H9NO6/c20-15-11-6-2-3-7-12(11)16(21)19(15)25-18(23)14-9-24-17(22)13-8-4-1-5-10(13)14/h1-9H. The van der Waals surface area contributed by atoms with Crippen molar-refractivity contribution < 1.29 is 23.6 Å². The zero-order chi connectivity index (χ0) is 17.6. The fraction of sp³-hybridized carbons (Fsp3) is 0. The number of nitrogens with zero attached hydrogens (tertiary/aromatic N) is 1. The van der Waals surface area contributed by atoms with Gasteiger partial charge in [-0.15, -0.1) is 0 Å². The van der Waals surface area contributed by atoms with E-state index in [1.807, 2.05) is 0 Å². The van der Waals surface area contributed by atoms with Crippen molar-refractivity contribution >= 4 is 28.6 Å². The van der Waals surface area contributed by atoms with Gasteiger partial charge in [0.1, 0.15) is 11.8 Å². The van der Waals surface area contributed by atoms with Gasteiger partial charge in [0.05, 0.1) is 16.5 Å². The fourth-order valence-corrected chi connectivity index (χ4v) is 2.68. The predicted molar refractivity (Wildman–Crippen MR) is 84.8 cm³/mol. The monoisotopic (exact) mass is 335 g/mol. The highest BCUT2D eigenvalue weighted by Gasteiger charge is 2.39. The molecule has 0 atom stereocenters. The maximum atomic E-state index is 12.4. The van der Waals surface area contributed by atoms with Gasteiger partial charge < -0.3 is 9.25 Å². The Hall–Kier alpha value is -3.74. The molecule has 1 aromatic heterocycles. The van der Waals surface area contributed by atoms with Gasteiger partial charge in [0.2, 0.25) is 0 Å². The summed E-state index contributed by atoms with van der Waals surface area (Å²) in [6.07, 6.45) is 0.950. The second kappa shape index (κ2) is 5.41. The molecule has 0 bridgehead atoms. The van der Waals surface area contributed by atoms with Crippen molar-refractivity contribution in [2.45, 2.75) is 0 Å². The molecular weight excluding hydrogens is 326 g/mol. The maximum Gasteiger partial charge on any atom is 0.367 e. The molecule has 0 fully saturated rings. The number of hydrogen-bond donors (Lipinski definition) is 0. The molecule has 0 radical (unpaired) electrons. The molecule has 0 saturated heterocycles. The molecule has 0 aliphatic carbocycles. The third-order valence-corrected chi connectivity index (χ3v) is 3.87. The highest BCUT2D eigenvalue weighted by Crippen LogP contribution is 2.24. The van der Waals surface area contributed by atoms with Gasteiger partial charge in [-0.25, -0.2) is 9.59 Å². The van der Waals surface area contributed by atoms with Crippen LogP contribution in [0.5, 0.6) is 0 Å². The number of hydroxylamine groups is 2. The van der Waals surface area contributed by atoms with E-state index in [2.05, 4.69) is 0 Å². The molecule has 7 heteroatoms. The van der Waals surface area contributed by atoms with Gasteiger partial charge in [-0.3, -0.25) is 9.59 Å². The van der Waals surface area contributed by atoms with E-state index < -0.39 is 23.4 Å². The van der Waals surface area contributed by atoms with Crippen LogP contribution in [0, 0.1) is 0 Å². The number of carbonyl (C=O) groups is 3. The molecule has 4 rings (SSSR count). The average Bonchev–Trinajstić information content (AvgIpc) is 2.87. The summed E-state index contributed by atoms with van der Waals surface area (Å²) in [7, 11) is 0. The molecule has 0 N–H and O–H groups in total. The van der Waals surface area contributed by atoms with Crippen LogP contribution in [0.2, 0.25) is 0 Å². The van der Waals surface area contributed by atoms with Crippen LogP contribution < -0.4 is 5.63 Å². The second-order valence-corrected chi connectivity index (χ2v) is 5.31. The lowest BCUT2D eigenvalue weighted by Gasteiger charge is -2.13. The number of imide groups is 1. The minimum Gasteiger partial charge on any atom is -0.430 e. The van der Waals surface area contributed by atoms with Gasteiger partial charge in [0, 0.05) is 5.39 Å². The molecular formula is C18H9NO6. The molecule has 3 aromatic rings. The van der Waals surface area contributed by atoms with Gasteiger partial charge in [0.25, 0.3) is 11.8 Å². The summed E-state index contributed by atoms with van der Waals surface area (Å²) in [6.45, 7) is 0. The summed E-state index contributed by atoms with van der Waals surface area (Å²) in [4.78, 5) is 53.6. The van der Waals surface area contributed by atoms with Crippen molar-refractivity contribution in [2.24, 2.45) is 0 Å². The predicted octanol–water partition coefficient (Wildman–Crippen LogP) is 2.16. The first kappa shape index (κ1) is 14.8. The van der Waals surface area contributed by atoms with Crippen LogP contribution in [-0.2, 0) is 4.84 Å². The summed E-state index contributed by atoms with van der Waals surface area (Å²) in [5.41, 5.74) is -0.353. The van der Waals surface area contributed by atoms with Gasteiger partial charge in [0.15, 0.2) is 0 Å². The molecule has 2 amide bonds. The van der Waals surface area contributed by atoms with E-state index in [4.69, 9.17) is 9.25 Å². The highest BCUT2D eigenvalue weighted by molar-refractivity contribution is 6.21. The van der Waals surface area contributed by atoms with E-state index in [1.54, 1.807) is 30.3 Å². The van der Waals surface area contributed by atoms with Crippen LogP contribution in [0.15, 0.2) is 64.0 Å². The van der Waals surface area contributed by atoms with Crippen molar-refractivity contribution in [3.8, 4) is 0 Å². The Morgan fingerprint density at radius 1 is 0.840 bits per heavy atom. The molecule has 0 saturated carbocycles. The fourth-order valence-electron chi connectivity index (χ4n) is 2.68. The Kier molecular flexibility index (Phi) is 3.21. The van der Waals surface area contributed by atoms with E-state index in [0.717, 1.165) is 6.26 Å². The normalized spacial score (nSPS) is 13.2. The molecule has 25 heavy (non-hydrogen) atoms. The molecule has 122 valence electrons. The number of hydrogen-bond acceptors (Lipinski definition) is 6. The summed E-state index contributed by atoms with van der Waals surface area (Å²) < 4.78 is 4.83. The van der Waals surface area contributed by atoms with Crippen molar-refractivity contribution in [3.63, 3.8) is 0 Å². The lowest BCUT2D eigenvalue weighted by Crippen LogP contribution is -2.32. The first-order valence-corrected chi connectivity index (χ1v) is 7.28. The number of carbonyl (C=O) groups excluding carboxylic acids is 3. The van der Waals surface area contributed by atoms with Crippen LogP contribution in [-0.4, -0.2) is 22.8 Å². The van der Waals surface area contributed by atoms with Crippen molar-refractivity contribution in [1.82, 2.24) is 5.06 Å². The third kappa shape index (κ3) is 2.21. The molecule has 1 aliphatic rings. The zero-order valence-corrected chi connectivity index (χ0v) is 12.6. The molecule has 1 aliphatic heterocycles. The molecule has 7 nitrogen and oxygen atoms in total. The number of fused-ring (bicyclic) bond motifs is 2. The zero-order valence-electron chi connectivity index (χ0n) is 12.6. The van der Waals surface area contributed by atoms with Crippen LogP contribution in [0.4, 0.5) is 0 Å². The van der Waals surface area contributed by atoms with Crippen LogP contribution >= 0.6 is 0 Å². The minimum atomic E-state index is -0.977. The Balaban J connectivity index is 1.71.